The van der Waals surface area contributed by atoms with Gasteiger partial charge in [0.2, 0.25) is 0 Å². The zero-order valence-corrected chi connectivity index (χ0v) is 15.5. The molecule has 1 saturated heterocycles. The number of rotatable bonds is 2. The van der Waals surface area contributed by atoms with Crippen LogP contribution in [0.25, 0.3) is 0 Å². The number of alkyl halides is 3. The first-order valence-corrected chi connectivity index (χ1v) is 10.2. The van der Waals surface area contributed by atoms with Gasteiger partial charge in [0, 0.05) is 17.9 Å². The highest BCUT2D eigenvalue weighted by Gasteiger charge is 2.58. The summed E-state index contributed by atoms with van der Waals surface area (Å²) in [5.41, 5.74) is -0.0382. The van der Waals surface area contributed by atoms with Crippen molar-refractivity contribution in [3.63, 3.8) is 0 Å². The summed E-state index contributed by atoms with van der Waals surface area (Å²) in [6.07, 6.45) is 3.57. The lowest BCUT2D eigenvalue weighted by atomic mass is 9.49. The summed E-state index contributed by atoms with van der Waals surface area (Å²) >= 11 is 0. The third-order valence-electron chi connectivity index (χ3n) is 7.50. The van der Waals surface area contributed by atoms with E-state index < -0.39 is 18.3 Å². The first-order valence-electron chi connectivity index (χ1n) is 10.2. The first-order chi connectivity index (χ1) is 12.7. The van der Waals surface area contributed by atoms with Gasteiger partial charge in [-0.15, -0.1) is 5.10 Å². The second-order valence-electron chi connectivity index (χ2n) is 9.53. The molecule has 0 aromatic heterocycles. The van der Waals surface area contributed by atoms with Crippen molar-refractivity contribution in [2.75, 3.05) is 6.54 Å². The van der Waals surface area contributed by atoms with Crippen LogP contribution >= 0.6 is 0 Å². The molecule has 0 aromatic carbocycles. The van der Waals surface area contributed by atoms with Crippen LogP contribution in [-0.2, 0) is 9.63 Å². The van der Waals surface area contributed by atoms with Crippen molar-refractivity contribution in [2.24, 2.45) is 34.2 Å². The number of hydrogen-bond acceptors (Lipinski definition) is 5. The molecule has 150 valence electrons. The predicted molar refractivity (Wildman–Crippen MR) is 90.9 cm³/mol. The first kappa shape index (κ1) is 17.6. The number of piperidine rings is 1. The number of carbonyl (C=O) groups excluding carboxylic acids is 1. The Morgan fingerprint density at radius 2 is 1.74 bits per heavy atom. The molecule has 2 atom stereocenters. The molecule has 0 spiro atoms. The lowest BCUT2D eigenvalue weighted by Crippen LogP contribution is -2.57. The van der Waals surface area contributed by atoms with E-state index in [1.54, 1.807) is 0 Å². The molecular formula is C19H26F3N3O2. The number of halogens is 3. The summed E-state index contributed by atoms with van der Waals surface area (Å²) in [5.74, 6) is 0.947. The van der Waals surface area contributed by atoms with E-state index in [-0.39, 0.29) is 11.3 Å². The molecule has 4 bridgehead atoms. The highest BCUT2D eigenvalue weighted by molar-refractivity contribution is 5.90. The van der Waals surface area contributed by atoms with E-state index in [9.17, 15) is 18.0 Å². The number of amidine groups is 1. The molecule has 0 amide bonds. The van der Waals surface area contributed by atoms with Gasteiger partial charge < -0.3 is 9.74 Å². The number of hydroxylamine groups is 1. The normalized spacial score (nSPS) is 43.0. The minimum absolute atomic E-state index is 0.0382. The summed E-state index contributed by atoms with van der Waals surface area (Å²) in [5, 5.41) is 5.54. The Hall–Kier alpha value is -1.47. The van der Waals surface area contributed by atoms with Crippen LogP contribution in [-0.4, -0.2) is 40.8 Å². The van der Waals surface area contributed by atoms with E-state index in [4.69, 9.17) is 4.84 Å². The molecule has 4 aliphatic carbocycles. The van der Waals surface area contributed by atoms with Gasteiger partial charge in [-0.2, -0.15) is 13.2 Å². The maximum atomic E-state index is 12.8. The monoisotopic (exact) mass is 385 g/mol. The van der Waals surface area contributed by atoms with Crippen LogP contribution in [0.5, 0.6) is 0 Å². The second kappa shape index (κ2) is 5.77. The Bertz CT molecular complexity index is 642. The number of hydrogen-bond donors (Lipinski definition) is 0. The minimum atomic E-state index is -5.01. The summed E-state index contributed by atoms with van der Waals surface area (Å²) < 4.78 is 38.3. The lowest BCUT2D eigenvalue weighted by molar-refractivity contribution is -0.255. The van der Waals surface area contributed by atoms with Crippen LogP contribution in [0.15, 0.2) is 5.10 Å². The van der Waals surface area contributed by atoms with Gasteiger partial charge in [0.1, 0.15) is 5.84 Å². The van der Waals surface area contributed by atoms with E-state index >= 15 is 0 Å². The third-order valence-corrected chi connectivity index (χ3v) is 7.50. The molecule has 0 radical (unpaired) electrons. The molecule has 2 unspecified atom stereocenters. The van der Waals surface area contributed by atoms with Crippen molar-refractivity contribution in [1.29, 1.82) is 0 Å². The maximum absolute atomic E-state index is 12.8. The number of fused-ring (bicyclic) bond motifs is 1. The van der Waals surface area contributed by atoms with Crippen LogP contribution in [0.3, 0.4) is 0 Å². The van der Waals surface area contributed by atoms with Crippen molar-refractivity contribution in [1.82, 2.24) is 10.1 Å². The van der Waals surface area contributed by atoms with Crippen molar-refractivity contribution in [2.45, 2.75) is 70.6 Å². The van der Waals surface area contributed by atoms with Crippen LogP contribution in [0.4, 0.5) is 13.2 Å². The highest BCUT2D eigenvalue weighted by Crippen LogP contribution is 2.61. The largest absolute Gasteiger partial charge is 0.493 e. The van der Waals surface area contributed by atoms with Crippen LogP contribution < -0.4 is 0 Å². The van der Waals surface area contributed by atoms with Crippen LogP contribution in [0, 0.1) is 29.1 Å². The van der Waals surface area contributed by atoms with Crippen LogP contribution in [0.1, 0.15) is 58.3 Å². The smallest absolute Gasteiger partial charge is 0.333 e. The molecule has 5 nitrogen and oxygen atoms in total. The van der Waals surface area contributed by atoms with Gasteiger partial charge in [0.05, 0.1) is 0 Å². The van der Waals surface area contributed by atoms with E-state index in [0.717, 1.165) is 49.7 Å². The summed E-state index contributed by atoms with van der Waals surface area (Å²) in [6.45, 7) is 2.78. The van der Waals surface area contributed by atoms with E-state index in [0.29, 0.717) is 17.8 Å². The number of carbonyl (C=O) groups is 1. The van der Waals surface area contributed by atoms with E-state index in [1.165, 1.54) is 19.3 Å². The molecule has 2 heterocycles. The fourth-order valence-corrected chi connectivity index (χ4v) is 6.96. The minimum Gasteiger partial charge on any atom is -0.333 e. The third kappa shape index (κ3) is 2.73. The molecule has 5 fully saturated rings. The molecule has 6 rings (SSSR count). The summed E-state index contributed by atoms with van der Waals surface area (Å²) in [7, 11) is 0. The van der Waals surface area contributed by atoms with Crippen molar-refractivity contribution in [3.05, 3.63) is 0 Å². The molecule has 27 heavy (non-hydrogen) atoms. The Morgan fingerprint density at radius 3 is 2.30 bits per heavy atom. The van der Waals surface area contributed by atoms with Gasteiger partial charge in [-0.25, -0.2) is 4.79 Å². The van der Waals surface area contributed by atoms with Crippen molar-refractivity contribution in [3.8, 4) is 0 Å². The second-order valence-corrected chi connectivity index (χ2v) is 9.53. The van der Waals surface area contributed by atoms with Gasteiger partial charge >= 0.3 is 12.1 Å². The standard InChI is InChI=1S/C19H26F3N3O2/c1-11-3-2-4-24-15(11)25(27-17(26)19(20,21)22)23-16(24)18-8-12-5-13(9-18)7-14(6-12)10-18/h11-15H,2-10H2,1H3. The van der Waals surface area contributed by atoms with Crippen molar-refractivity contribution < 1.29 is 22.8 Å². The van der Waals surface area contributed by atoms with Gasteiger partial charge in [-0.1, -0.05) is 12.1 Å². The summed E-state index contributed by atoms with van der Waals surface area (Å²) in [4.78, 5) is 18.4. The number of hydrazone groups is 1. The zero-order chi connectivity index (χ0) is 19.0. The highest BCUT2D eigenvalue weighted by atomic mass is 19.4. The fourth-order valence-electron chi connectivity index (χ4n) is 6.96. The zero-order valence-electron chi connectivity index (χ0n) is 15.5. The topological polar surface area (TPSA) is 45.1 Å². The van der Waals surface area contributed by atoms with Gasteiger partial charge in [0.25, 0.3) is 0 Å². The molecular weight excluding hydrogens is 359 g/mol. The molecule has 4 saturated carbocycles. The number of nitrogens with zero attached hydrogens (tertiary/aromatic N) is 3. The molecule has 2 aliphatic heterocycles. The Labute approximate surface area is 156 Å². The maximum Gasteiger partial charge on any atom is 0.493 e. The van der Waals surface area contributed by atoms with Gasteiger partial charge in [-0.3, -0.25) is 0 Å². The molecule has 0 N–H and O–H groups in total. The SMILES string of the molecule is CC1CCCN2C(C34CC5CC(CC(C5)C3)C4)=NN(OC(=O)C(F)(F)F)C12. The Balaban J connectivity index is 1.47. The fraction of sp³-hybridized carbons (Fsp3) is 0.895. The Kier molecular flexibility index (Phi) is 3.76. The molecule has 0 aromatic rings. The van der Waals surface area contributed by atoms with E-state index in [1.807, 2.05) is 6.92 Å². The summed E-state index contributed by atoms with van der Waals surface area (Å²) in [6, 6.07) is 0. The molecule has 8 heteroatoms. The average molecular weight is 385 g/mol. The van der Waals surface area contributed by atoms with Crippen molar-refractivity contribution >= 4 is 11.8 Å². The van der Waals surface area contributed by atoms with Gasteiger partial charge in [-0.05, 0) is 69.1 Å². The Morgan fingerprint density at radius 1 is 1.15 bits per heavy atom. The lowest BCUT2D eigenvalue weighted by Gasteiger charge is -2.57. The molecule has 6 aliphatic rings. The van der Waals surface area contributed by atoms with Crippen LogP contribution in [0.2, 0.25) is 0 Å². The predicted octanol–water partition coefficient (Wildman–Crippen LogP) is 3.91. The van der Waals surface area contributed by atoms with Gasteiger partial charge in [0.15, 0.2) is 6.17 Å². The average Bonchev–Trinajstić information content (AvgIpc) is 2.93. The quantitative estimate of drug-likeness (QED) is 0.723. The van der Waals surface area contributed by atoms with E-state index in [2.05, 4.69) is 10.0 Å².